The van der Waals surface area contributed by atoms with Crippen molar-refractivity contribution in [3.05, 3.63) is 0 Å². The summed E-state index contributed by atoms with van der Waals surface area (Å²) in [7, 11) is -3.13. The molecule has 1 aliphatic carbocycles. The Morgan fingerprint density at radius 1 is 1.21 bits per heavy atom. The van der Waals surface area contributed by atoms with Crippen LogP contribution in [0.1, 0.15) is 19.3 Å². The first-order valence-corrected chi connectivity index (χ1v) is 8.72. The molecular formula is C12H23N3O3S. The van der Waals surface area contributed by atoms with Crippen molar-refractivity contribution in [1.29, 1.82) is 0 Å². The molecule has 0 unspecified atom stereocenters. The average Bonchev–Trinajstić information content (AvgIpc) is 2.85. The molecule has 19 heavy (non-hydrogen) atoms. The number of nitrogens with two attached hydrogens (primary N) is 1. The third-order valence-electron chi connectivity index (χ3n) is 4.30. The van der Waals surface area contributed by atoms with E-state index in [1.54, 1.807) is 4.90 Å². The summed E-state index contributed by atoms with van der Waals surface area (Å²) in [6.45, 7) is 2.38. The molecule has 7 heteroatoms. The van der Waals surface area contributed by atoms with Gasteiger partial charge >= 0.3 is 0 Å². The molecule has 0 aromatic heterocycles. The van der Waals surface area contributed by atoms with Crippen LogP contribution in [0.5, 0.6) is 0 Å². The number of sulfonamides is 1. The Bertz CT molecular complexity index is 430. The predicted molar refractivity (Wildman–Crippen MR) is 72.9 cm³/mol. The largest absolute Gasteiger partial charge is 0.340 e. The molecule has 0 spiro atoms. The highest BCUT2D eigenvalue weighted by Crippen LogP contribution is 2.32. The fraction of sp³-hybridized carbons (Fsp3) is 0.917. The molecule has 2 fully saturated rings. The van der Waals surface area contributed by atoms with Gasteiger partial charge in [0.1, 0.15) is 0 Å². The minimum atomic E-state index is -3.13. The van der Waals surface area contributed by atoms with Crippen molar-refractivity contribution in [2.24, 2.45) is 17.6 Å². The Kier molecular flexibility index (Phi) is 4.47. The number of nitrogens with zero attached hydrogens (tertiary/aromatic N) is 2. The van der Waals surface area contributed by atoms with Crippen LogP contribution >= 0.6 is 0 Å². The van der Waals surface area contributed by atoms with Gasteiger partial charge in [-0.15, -0.1) is 0 Å². The number of rotatable bonds is 3. The van der Waals surface area contributed by atoms with Gasteiger partial charge in [0.2, 0.25) is 15.9 Å². The van der Waals surface area contributed by atoms with Crippen LogP contribution in [0.25, 0.3) is 0 Å². The zero-order valence-corrected chi connectivity index (χ0v) is 12.2. The molecule has 1 saturated carbocycles. The third kappa shape index (κ3) is 3.27. The van der Waals surface area contributed by atoms with E-state index in [0.717, 1.165) is 19.3 Å². The van der Waals surface area contributed by atoms with Gasteiger partial charge in [-0.2, -0.15) is 4.31 Å². The zero-order chi connectivity index (χ0) is 14.0. The van der Waals surface area contributed by atoms with Crippen LogP contribution < -0.4 is 5.73 Å². The maximum atomic E-state index is 12.4. The number of carbonyl (C=O) groups is 1. The molecule has 110 valence electrons. The monoisotopic (exact) mass is 289 g/mol. The minimum absolute atomic E-state index is 0.0507. The van der Waals surface area contributed by atoms with Gasteiger partial charge in [-0.25, -0.2) is 8.42 Å². The number of hydrogen-bond donors (Lipinski definition) is 1. The normalized spacial score (nSPS) is 29.7. The first-order chi connectivity index (χ1) is 8.93. The maximum Gasteiger partial charge on any atom is 0.226 e. The third-order valence-corrected chi connectivity index (χ3v) is 5.60. The summed E-state index contributed by atoms with van der Waals surface area (Å²) >= 11 is 0. The van der Waals surface area contributed by atoms with E-state index in [2.05, 4.69) is 0 Å². The van der Waals surface area contributed by atoms with Gasteiger partial charge in [0.15, 0.2) is 0 Å². The fourth-order valence-corrected chi connectivity index (χ4v) is 3.95. The first-order valence-electron chi connectivity index (χ1n) is 6.87. The lowest BCUT2D eigenvalue weighted by atomic mass is 9.94. The molecule has 0 aromatic carbocycles. The van der Waals surface area contributed by atoms with Crippen LogP contribution in [0.4, 0.5) is 0 Å². The lowest BCUT2D eigenvalue weighted by Crippen LogP contribution is -2.52. The van der Waals surface area contributed by atoms with E-state index in [1.165, 1.54) is 10.6 Å². The number of piperazine rings is 1. The standard InChI is InChI=1S/C12H23N3O3S/c1-19(17,18)15-7-5-14(6-8-15)12(16)11-4-2-3-10(11)9-13/h10-11H,2-9,13H2,1H3/t10-,11-/m1/s1. The molecule has 2 N–H and O–H groups in total. The van der Waals surface area contributed by atoms with E-state index in [1.807, 2.05) is 0 Å². The summed E-state index contributed by atoms with van der Waals surface area (Å²) < 4.78 is 24.3. The van der Waals surface area contributed by atoms with Gasteiger partial charge < -0.3 is 10.6 Å². The van der Waals surface area contributed by atoms with Crippen molar-refractivity contribution in [3.63, 3.8) is 0 Å². The van der Waals surface area contributed by atoms with Crippen molar-refractivity contribution in [2.45, 2.75) is 19.3 Å². The van der Waals surface area contributed by atoms with E-state index < -0.39 is 10.0 Å². The summed E-state index contributed by atoms with van der Waals surface area (Å²) in [5.74, 6) is 0.524. The highest BCUT2D eigenvalue weighted by Gasteiger charge is 2.36. The Labute approximate surface area is 115 Å². The van der Waals surface area contributed by atoms with Gasteiger partial charge in [0.05, 0.1) is 6.26 Å². The molecule has 0 aromatic rings. The molecule has 1 aliphatic heterocycles. The van der Waals surface area contributed by atoms with E-state index in [9.17, 15) is 13.2 Å². The molecule has 1 saturated heterocycles. The fourth-order valence-electron chi connectivity index (χ4n) is 3.12. The van der Waals surface area contributed by atoms with Gasteiger partial charge in [0, 0.05) is 32.1 Å². The lowest BCUT2D eigenvalue weighted by Gasteiger charge is -2.35. The van der Waals surface area contributed by atoms with Gasteiger partial charge in [-0.05, 0) is 25.3 Å². The number of amides is 1. The van der Waals surface area contributed by atoms with Crippen molar-refractivity contribution in [2.75, 3.05) is 39.0 Å². The van der Waals surface area contributed by atoms with E-state index in [0.29, 0.717) is 38.6 Å². The van der Waals surface area contributed by atoms with Crippen LogP contribution in [0.2, 0.25) is 0 Å². The van der Waals surface area contributed by atoms with Crippen molar-refractivity contribution in [1.82, 2.24) is 9.21 Å². The summed E-state index contributed by atoms with van der Waals surface area (Å²) in [6.07, 6.45) is 4.25. The van der Waals surface area contributed by atoms with Crippen molar-refractivity contribution < 1.29 is 13.2 Å². The Morgan fingerprint density at radius 3 is 2.37 bits per heavy atom. The highest BCUT2D eigenvalue weighted by molar-refractivity contribution is 7.88. The molecule has 0 radical (unpaired) electrons. The summed E-state index contributed by atoms with van der Waals surface area (Å²) in [5.41, 5.74) is 5.71. The van der Waals surface area contributed by atoms with Crippen LogP contribution in [-0.2, 0) is 14.8 Å². The topological polar surface area (TPSA) is 83.7 Å². The molecule has 6 nitrogen and oxygen atoms in total. The lowest BCUT2D eigenvalue weighted by molar-refractivity contribution is -0.137. The SMILES string of the molecule is CS(=O)(=O)N1CCN(C(=O)[C@@H]2CCC[C@@H]2CN)CC1. The predicted octanol–water partition coefficient (Wildman–Crippen LogP) is -0.535. The molecule has 2 aliphatic rings. The van der Waals surface area contributed by atoms with Crippen LogP contribution in [0, 0.1) is 11.8 Å². The molecule has 0 bridgehead atoms. The molecule has 2 rings (SSSR count). The quantitative estimate of drug-likeness (QED) is 0.757. The van der Waals surface area contributed by atoms with Crippen LogP contribution in [0.15, 0.2) is 0 Å². The van der Waals surface area contributed by atoms with E-state index in [4.69, 9.17) is 5.73 Å². The summed E-state index contributed by atoms with van der Waals surface area (Å²) in [4.78, 5) is 14.2. The second-order valence-electron chi connectivity index (χ2n) is 5.52. The Hall–Kier alpha value is -0.660. The van der Waals surface area contributed by atoms with Gasteiger partial charge in [-0.3, -0.25) is 4.79 Å². The molecule has 2 atom stereocenters. The number of carbonyl (C=O) groups excluding carboxylic acids is 1. The van der Waals surface area contributed by atoms with Crippen molar-refractivity contribution >= 4 is 15.9 Å². The summed E-state index contributed by atoms with van der Waals surface area (Å²) in [5, 5.41) is 0. The molecular weight excluding hydrogens is 266 g/mol. The summed E-state index contributed by atoms with van der Waals surface area (Å²) in [6, 6.07) is 0. The minimum Gasteiger partial charge on any atom is -0.340 e. The second kappa shape index (κ2) is 5.76. The van der Waals surface area contributed by atoms with Crippen molar-refractivity contribution in [3.8, 4) is 0 Å². The van der Waals surface area contributed by atoms with E-state index >= 15 is 0 Å². The van der Waals surface area contributed by atoms with Gasteiger partial charge in [0.25, 0.3) is 0 Å². The smallest absolute Gasteiger partial charge is 0.226 e. The second-order valence-corrected chi connectivity index (χ2v) is 7.50. The Balaban J connectivity index is 1.92. The zero-order valence-electron chi connectivity index (χ0n) is 11.4. The number of hydrogen-bond acceptors (Lipinski definition) is 4. The highest BCUT2D eigenvalue weighted by atomic mass is 32.2. The van der Waals surface area contributed by atoms with E-state index in [-0.39, 0.29) is 11.8 Å². The first kappa shape index (κ1) is 14.7. The molecule has 1 amide bonds. The van der Waals surface area contributed by atoms with Crippen LogP contribution in [0.3, 0.4) is 0 Å². The van der Waals surface area contributed by atoms with Gasteiger partial charge in [-0.1, -0.05) is 6.42 Å². The molecule has 1 heterocycles. The average molecular weight is 289 g/mol. The maximum absolute atomic E-state index is 12.4. The van der Waals surface area contributed by atoms with Crippen LogP contribution in [-0.4, -0.2) is 62.5 Å². The Morgan fingerprint density at radius 2 is 1.84 bits per heavy atom.